The molecule has 0 bridgehead atoms. The number of guanidine groups is 1. The smallest absolute Gasteiger partial charge is 0.225 e. The molecule has 0 atom stereocenters. The van der Waals surface area contributed by atoms with Gasteiger partial charge in [0.25, 0.3) is 0 Å². The first-order chi connectivity index (χ1) is 12.6. The molecule has 27 heavy (non-hydrogen) atoms. The summed E-state index contributed by atoms with van der Waals surface area (Å²) in [6.07, 6.45) is 0.118. The second-order valence-electron chi connectivity index (χ2n) is 7.91. The molecule has 3 N–H and O–H groups in total. The Morgan fingerprint density at radius 2 is 1.81 bits per heavy atom. The monoisotopic (exact) mass is 376 g/mol. The van der Waals surface area contributed by atoms with Gasteiger partial charge < -0.3 is 20.7 Å². The van der Waals surface area contributed by atoms with Gasteiger partial charge in [-0.1, -0.05) is 32.9 Å². The summed E-state index contributed by atoms with van der Waals surface area (Å²) in [6, 6.07) is 6.18. The van der Waals surface area contributed by atoms with Crippen LogP contribution >= 0.6 is 0 Å². The van der Waals surface area contributed by atoms with Crippen molar-refractivity contribution in [2.75, 3.05) is 19.6 Å². The Hall–Kier alpha value is -2.24. The van der Waals surface area contributed by atoms with E-state index in [1.807, 2.05) is 47.6 Å². The maximum absolute atomic E-state index is 11.9. The minimum absolute atomic E-state index is 0.0429. The van der Waals surface area contributed by atoms with Crippen LogP contribution in [-0.2, 0) is 11.3 Å². The third-order valence-corrected chi connectivity index (χ3v) is 3.72. The molecule has 1 aromatic rings. The van der Waals surface area contributed by atoms with Crippen LogP contribution in [0.3, 0.4) is 0 Å². The molecule has 0 fully saturated rings. The van der Waals surface area contributed by atoms with Gasteiger partial charge in [-0.15, -0.1) is 0 Å². The number of ether oxygens (including phenoxy) is 1. The Kier molecular flexibility index (Phi) is 9.12. The maximum atomic E-state index is 11.9. The van der Waals surface area contributed by atoms with E-state index in [2.05, 4.69) is 40.0 Å². The average molecular weight is 377 g/mol. The number of rotatable bonds is 8. The lowest BCUT2D eigenvalue weighted by atomic mass is 9.96. The molecule has 0 aliphatic heterocycles. The minimum atomic E-state index is -0.378. The Bertz CT molecular complexity index is 634. The van der Waals surface area contributed by atoms with E-state index >= 15 is 0 Å². The Morgan fingerprint density at radius 1 is 1.15 bits per heavy atom. The molecular formula is C21H36N4O2. The number of nitrogens with zero attached hydrogens (tertiary/aromatic N) is 1. The molecule has 152 valence electrons. The van der Waals surface area contributed by atoms with E-state index in [1.165, 1.54) is 0 Å². The highest BCUT2D eigenvalue weighted by Gasteiger charge is 2.20. The minimum Gasteiger partial charge on any atom is -0.491 e. The van der Waals surface area contributed by atoms with E-state index in [0.29, 0.717) is 19.6 Å². The molecule has 0 saturated heterocycles. The SMILES string of the molecule is CCNC(=NCc1ccc(C)cc1OC(C)C)NCCNC(=O)C(C)(C)C. The van der Waals surface area contributed by atoms with Gasteiger partial charge in [0.1, 0.15) is 5.75 Å². The van der Waals surface area contributed by atoms with E-state index in [0.717, 1.165) is 29.4 Å². The summed E-state index contributed by atoms with van der Waals surface area (Å²) < 4.78 is 5.92. The van der Waals surface area contributed by atoms with Crippen LogP contribution in [0.2, 0.25) is 0 Å². The number of amides is 1. The molecule has 0 aromatic heterocycles. The van der Waals surface area contributed by atoms with Crippen LogP contribution in [0.1, 0.15) is 52.7 Å². The zero-order chi connectivity index (χ0) is 20.4. The molecule has 0 aliphatic rings. The summed E-state index contributed by atoms with van der Waals surface area (Å²) in [4.78, 5) is 16.5. The van der Waals surface area contributed by atoms with Gasteiger partial charge >= 0.3 is 0 Å². The highest BCUT2D eigenvalue weighted by atomic mass is 16.5. The van der Waals surface area contributed by atoms with Gasteiger partial charge in [-0.25, -0.2) is 4.99 Å². The van der Waals surface area contributed by atoms with Crippen LogP contribution < -0.4 is 20.7 Å². The summed E-state index contributed by atoms with van der Waals surface area (Å²) in [5.41, 5.74) is 1.84. The molecular weight excluding hydrogens is 340 g/mol. The van der Waals surface area contributed by atoms with E-state index in [9.17, 15) is 4.79 Å². The quantitative estimate of drug-likeness (QED) is 0.370. The predicted molar refractivity (Wildman–Crippen MR) is 112 cm³/mol. The highest BCUT2D eigenvalue weighted by molar-refractivity contribution is 5.81. The zero-order valence-corrected chi connectivity index (χ0v) is 17.9. The van der Waals surface area contributed by atoms with Gasteiger partial charge in [0, 0.05) is 30.6 Å². The Labute approximate surface area is 164 Å². The van der Waals surface area contributed by atoms with Crippen LogP contribution in [0.4, 0.5) is 0 Å². The number of benzene rings is 1. The largest absolute Gasteiger partial charge is 0.491 e. The topological polar surface area (TPSA) is 74.8 Å². The van der Waals surface area contributed by atoms with Crippen molar-refractivity contribution in [1.29, 1.82) is 0 Å². The molecule has 6 heteroatoms. The second-order valence-corrected chi connectivity index (χ2v) is 7.91. The van der Waals surface area contributed by atoms with E-state index in [-0.39, 0.29) is 17.4 Å². The molecule has 1 amide bonds. The molecule has 0 heterocycles. The lowest BCUT2D eigenvalue weighted by Crippen LogP contribution is -2.43. The molecule has 0 radical (unpaired) electrons. The van der Waals surface area contributed by atoms with Gasteiger partial charge in [-0.2, -0.15) is 0 Å². The summed E-state index contributed by atoms with van der Waals surface area (Å²) >= 11 is 0. The van der Waals surface area contributed by atoms with Gasteiger partial charge in [0.05, 0.1) is 12.6 Å². The third kappa shape index (κ3) is 8.80. The lowest BCUT2D eigenvalue weighted by molar-refractivity contribution is -0.128. The fraction of sp³-hybridized carbons (Fsp3) is 0.619. The summed E-state index contributed by atoms with van der Waals surface area (Å²) in [5.74, 6) is 1.64. The molecule has 1 rings (SSSR count). The van der Waals surface area contributed by atoms with Crippen molar-refractivity contribution in [2.45, 2.75) is 61.1 Å². The molecule has 0 aliphatic carbocycles. The average Bonchev–Trinajstić information content (AvgIpc) is 2.56. The van der Waals surface area contributed by atoms with Gasteiger partial charge in [0.2, 0.25) is 5.91 Å². The third-order valence-electron chi connectivity index (χ3n) is 3.72. The van der Waals surface area contributed by atoms with Crippen LogP contribution in [0.25, 0.3) is 0 Å². The van der Waals surface area contributed by atoms with Gasteiger partial charge in [-0.3, -0.25) is 4.79 Å². The molecule has 0 unspecified atom stereocenters. The number of carbonyl (C=O) groups excluding carboxylic acids is 1. The number of aliphatic imine (C=N–C) groups is 1. The summed E-state index contributed by atoms with van der Waals surface area (Å²) in [5, 5.41) is 9.41. The fourth-order valence-corrected chi connectivity index (χ4v) is 2.28. The van der Waals surface area contributed by atoms with Crippen LogP contribution in [0.15, 0.2) is 23.2 Å². The maximum Gasteiger partial charge on any atom is 0.225 e. The number of hydrogen-bond donors (Lipinski definition) is 3. The van der Waals surface area contributed by atoms with Crippen molar-refractivity contribution < 1.29 is 9.53 Å². The van der Waals surface area contributed by atoms with Crippen molar-refractivity contribution in [1.82, 2.24) is 16.0 Å². The summed E-state index contributed by atoms with van der Waals surface area (Å²) in [7, 11) is 0. The van der Waals surface area contributed by atoms with Crippen LogP contribution in [0.5, 0.6) is 5.75 Å². The van der Waals surface area contributed by atoms with Crippen LogP contribution in [0, 0.1) is 12.3 Å². The second kappa shape index (κ2) is 10.8. The number of aryl methyl sites for hydroxylation is 1. The van der Waals surface area contributed by atoms with E-state index in [4.69, 9.17) is 4.74 Å². The fourth-order valence-electron chi connectivity index (χ4n) is 2.28. The first-order valence-electron chi connectivity index (χ1n) is 9.70. The molecule has 6 nitrogen and oxygen atoms in total. The number of nitrogens with one attached hydrogen (secondary N) is 3. The van der Waals surface area contributed by atoms with Crippen molar-refractivity contribution in [3.8, 4) is 5.75 Å². The van der Waals surface area contributed by atoms with E-state index in [1.54, 1.807) is 0 Å². The van der Waals surface area contributed by atoms with Gasteiger partial charge in [0.15, 0.2) is 5.96 Å². The van der Waals surface area contributed by atoms with Gasteiger partial charge in [-0.05, 0) is 39.3 Å². The van der Waals surface area contributed by atoms with Crippen molar-refractivity contribution >= 4 is 11.9 Å². The van der Waals surface area contributed by atoms with Crippen molar-refractivity contribution in [3.63, 3.8) is 0 Å². The van der Waals surface area contributed by atoms with Crippen molar-refractivity contribution in [3.05, 3.63) is 29.3 Å². The normalized spacial score (nSPS) is 12.1. The first-order valence-corrected chi connectivity index (χ1v) is 9.70. The number of hydrogen-bond acceptors (Lipinski definition) is 3. The molecule has 1 aromatic carbocycles. The Balaban J connectivity index is 2.67. The zero-order valence-electron chi connectivity index (χ0n) is 17.9. The summed E-state index contributed by atoms with van der Waals surface area (Å²) in [6.45, 7) is 16.3. The number of carbonyl (C=O) groups is 1. The molecule has 0 spiro atoms. The Morgan fingerprint density at radius 3 is 2.41 bits per heavy atom. The highest BCUT2D eigenvalue weighted by Crippen LogP contribution is 2.22. The van der Waals surface area contributed by atoms with Crippen molar-refractivity contribution in [2.24, 2.45) is 10.4 Å². The molecule has 0 saturated carbocycles. The van der Waals surface area contributed by atoms with E-state index < -0.39 is 0 Å². The standard InChI is InChI=1S/C21H36N4O2/c1-8-22-20(24-12-11-23-19(26)21(5,6)7)25-14-17-10-9-16(4)13-18(17)27-15(2)3/h9-10,13,15H,8,11-12,14H2,1-7H3,(H,23,26)(H2,22,24,25). The lowest BCUT2D eigenvalue weighted by Gasteiger charge is -2.18. The van der Waals surface area contributed by atoms with Crippen LogP contribution in [-0.4, -0.2) is 37.6 Å². The predicted octanol–water partition coefficient (Wildman–Crippen LogP) is 3.00. The first kappa shape index (κ1) is 22.8.